The number of aromatic nitrogens is 2. The molecule has 0 radical (unpaired) electrons. The van der Waals surface area contributed by atoms with Crippen molar-refractivity contribution in [3.05, 3.63) is 36.0 Å². The smallest absolute Gasteiger partial charge is 0.246 e. The summed E-state index contributed by atoms with van der Waals surface area (Å²) in [5.74, 6) is -0.247. The fraction of sp³-hybridized carbons (Fsp3) is 0.267. The molecule has 1 unspecified atom stereocenters. The summed E-state index contributed by atoms with van der Waals surface area (Å²) in [6.45, 7) is 1.95. The van der Waals surface area contributed by atoms with Crippen LogP contribution in [0.1, 0.15) is 18.5 Å². The van der Waals surface area contributed by atoms with Crippen molar-refractivity contribution < 1.29 is 9.59 Å². The van der Waals surface area contributed by atoms with Crippen LogP contribution in [0.25, 0.3) is 11.3 Å². The Bertz CT molecular complexity index is 675. The Labute approximate surface area is 121 Å². The van der Waals surface area contributed by atoms with E-state index in [1.165, 1.54) is 0 Å². The third-order valence-corrected chi connectivity index (χ3v) is 3.47. The van der Waals surface area contributed by atoms with Gasteiger partial charge in [0.2, 0.25) is 11.8 Å². The van der Waals surface area contributed by atoms with Gasteiger partial charge in [0, 0.05) is 23.4 Å². The van der Waals surface area contributed by atoms with Crippen LogP contribution < -0.4 is 10.6 Å². The van der Waals surface area contributed by atoms with Crippen LogP contribution in [-0.4, -0.2) is 28.1 Å². The van der Waals surface area contributed by atoms with Crippen LogP contribution in [0.4, 0.5) is 5.69 Å². The van der Waals surface area contributed by atoms with Crippen molar-refractivity contribution in [1.82, 2.24) is 15.5 Å². The Kier molecular flexibility index (Phi) is 3.43. The molecule has 3 N–H and O–H groups in total. The van der Waals surface area contributed by atoms with Crippen molar-refractivity contribution in [3.63, 3.8) is 0 Å². The van der Waals surface area contributed by atoms with E-state index >= 15 is 0 Å². The number of carbonyl (C=O) groups excluding carboxylic acids is 2. The van der Waals surface area contributed by atoms with Gasteiger partial charge < -0.3 is 10.6 Å². The molecule has 1 aliphatic heterocycles. The van der Waals surface area contributed by atoms with Crippen molar-refractivity contribution in [3.8, 4) is 11.3 Å². The number of aromatic amines is 1. The minimum absolute atomic E-state index is 0.0700. The van der Waals surface area contributed by atoms with Crippen molar-refractivity contribution in [2.24, 2.45) is 0 Å². The second-order valence-corrected chi connectivity index (χ2v) is 5.16. The summed E-state index contributed by atoms with van der Waals surface area (Å²) in [5, 5.41) is 12.5. The molecule has 0 spiro atoms. The Morgan fingerprint density at radius 1 is 1.33 bits per heavy atom. The molecular formula is C15H16N4O2. The minimum Gasteiger partial charge on any atom is -0.344 e. The molecule has 0 saturated carbocycles. The van der Waals surface area contributed by atoms with E-state index in [1.54, 1.807) is 0 Å². The monoisotopic (exact) mass is 284 g/mol. The average Bonchev–Trinajstić information content (AvgIpc) is 3.08. The number of aryl methyl sites for hydroxylation is 1. The highest BCUT2D eigenvalue weighted by Crippen LogP contribution is 2.20. The summed E-state index contributed by atoms with van der Waals surface area (Å²) in [4.78, 5) is 23.1. The van der Waals surface area contributed by atoms with Crippen LogP contribution in [0.15, 0.2) is 30.3 Å². The molecule has 0 bridgehead atoms. The summed E-state index contributed by atoms with van der Waals surface area (Å²) in [6, 6.07) is 8.99. The lowest BCUT2D eigenvalue weighted by Gasteiger charge is -2.11. The molecule has 6 heteroatoms. The zero-order valence-corrected chi connectivity index (χ0v) is 11.6. The van der Waals surface area contributed by atoms with E-state index in [1.807, 2.05) is 37.3 Å². The number of benzene rings is 1. The maximum atomic E-state index is 12.0. The van der Waals surface area contributed by atoms with Crippen LogP contribution in [-0.2, 0) is 9.59 Å². The molecule has 1 aliphatic rings. The molecule has 0 aliphatic carbocycles. The lowest BCUT2D eigenvalue weighted by molar-refractivity contribution is -0.122. The van der Waals surface area contributed by atoms with Gasteiger partial charge >= 0.3 is 0 Å². The van der Waals surface area contributed by atoms with Crippen LogP contribution >= 0.6 is 0 Å². The SMILES string of the molecule is Cc1cc(-c2ccc(NC(=O)C3CCC(=O)N3)cc2)n[nH]1. The Hall–Kier alpha value is -2.63. The highest BCUT2D eigenvalue weighted by Gasteiger charge is 2.27. The third-order valence-electron chi connectivity index (χ3n) is 3.47. The first-order valence-corrected chi connectivity index (χ1v) is 6.84. The van der Waals surface area contributed by atoms with Gasteiger partial charge in [-0.2, -0.15) is 5.10 Å². The molecule has 1 aromatic carbocycles. The van der Waals surface area contributed by atoms with Gasteiger partial charge in [0.05, 0.1) is 5.69 Å². The van der Waals surface area contributed by atoms with E-state index in [2.05, 4.69) is 20.8 Å². The van der Waals surface area contributed by atoms with E-state index in [-0.39, 0.29) is 11.8 Å². The average molecular weight is 284 g/mol. The third kappa shape index (κ3) is 2.94. The highest BCUT2D eigenvalue weighted by atomic mass is 16.2. The zero-order chi connectivity index (χ0) is 14.8. The molecule has 2 heterocycles. The quantitative estimate of drug-likeness (QED) is 0.800. The standard InChI is InChI=1S/C15H16N4O2/c1-9-8-13(19-18-9)10-2-4-11(5-3-10)16-15(21)12-6-7-14(20)17-12/h2-5,8,12H,6-7H2,1H3,(H,16,21)(H,17,20)(H,18,19). The first-order chi connectivity index (χ1) is 10.1. The fourth-order valence-corrected chi connectivity index (χ4v) is 2.33. The summed E-state index contributed by atoms with van der Waals surface area (Å²) in [7, 11) is 0. The molecule has 2 amide bonds. The predicted molar refractivity (Wildman–Crippen MR) is 78.6 cm³/mol. The number of hydrogen-bond acceptors (Lipinski definition) is 3. The highest BCUT2D eigenvalue weighted by molar-refractivity contribution is 5.99. The zero-order valence-electron chi connectivity index (χ0n) is 11.6. The number of H-pyrrole nitrogens is 1. The second kappa shape index (κ2) is 5.40. The van der Waals surface area contributed by atoms with Gasteiger partial charge in [-0.25, -0.2) is 0 Å². The topological polar surface area (TPSA) is 86.9 Å². The summed E-state index contributed by atoms with van der Waals surface area (Å²) >= 11 is 0. The number of anilines is 1. The summed E-state index contributed by atoms with van der Waals surface area (Å²) in [6.07, 6.45) is 0.963. The first kappa shape index (κ1) is 13.4. The molecule has 1 aromatic heterocycles. The molecule has 6 nitrogen and oxygen atoms in total. The summed E-state index contributed by atoms with van der Waals surface area (Å²) in [5.41, 5.74) is 3.55. The van der Waals surface area contributed by atoms with E-state index in [9.17, 15) is 9.59 Å². The Morgan fingerprint density at radius 2 is 2.10 bits per heavy atom. The Morgan fingerprint density at radius 3 is 2.67 bits per heavy atom. The van der Waals surface area contributed by atoms with Gasteiger partial charge in [0.1, 0.15) is 6.04 Å². The molecule has 1 atom stereocenters. The van der Waals surface area contributed by atoms with Gasteiger partial charge in [-0.15, -0.1) is 0 Å². The lowest BCUT2D eigenvalue weighted by Crippen LogP contribution is -2.37. The largest absolute Gasteiger partial charge is 0.344 e. The van der Waals surface area contributed by atoms with Crippen LogP contribution in [0.3, 0.4) is 0 Å². The molecular weight excluding hydrogens is 268 g/mol. The van der Waals surface area contributed by atoms with E-state index in [0.29, 0.717) is 18.5 Å². The van der Waals surface area contributed by atoms with Crippen molar-refractivity contribution >= 4 is 17.5 Å². The van der Waals surface area contributed by atoms with Gasteiger partial charge in [0.25, 0.3) is 0 Å². The number of rotatable bonds is 3. The van der Waals surface area contributed by atoms with Crippen LogP contribution in [0.5, 0.6) is 0 Å². The first-order valence-electron chi connectivity index (χ1n) is 6.84. The second-order valence-electron chi connectivity index (χ2n) is 5.16. The number of amides is 2. The van der Waals surface area contributed by atoms with Crippen molar-refractivity contribution in [2.45, 2.75) is 25.8 Å². The number of nitrogens with one attached hydrogen (secondary N) is 3. The molecule has 1 fully saturated rings. The normalized spacial score (nSPS) is 17.6. The molecule has 2 aromatic rings. The molecule has 1 saturated heterocycles. The number of carbonyl (C=O) groups is 2. The fourth-order valence-electron chi connectivity index (χ4n) is 2.33. The van der Waals surface area contributed by atoms with E-state index in [0.717, 1.165) is 17.0 Å². The van der Waals surface area contributed by atoms with Crippen LogP contribution in [0, 0.1) is 6.92 Å². The van der Waals surface area contributed by atoms with Gasteiger partial charge in [-0.3, -0.25) is 14.7 Å². The minimum atomic E-state index is -0.425. The van der Waals surface area contributed by atoms with Crippen molar-refractivity contribution in [2.75, 3.05) is 5.32 Å². The molecule has 3 rings (SSSR count). The molecule has 21 heavy (non-hydrogen) atoms. The Balaban J connectivity index is 1.67. The predicted octanol–water partition coefficient (Wildman–Crippen LogP) is 1.60. The maximum Gasteiger partial charge on any atom is 0.246 e. The molecule has 108 valence electrons. The number of nitrogens with zero attached hydrogens (tertiary/aromatic N) is 1. The van der Waals surface area contributed by atoms with Crippen molar-refractivity contribution in [1.29, 1.82) is 0 Å². The maximum absolute atomic E-state index is 12.0. The van der Waals surface area contributed by atoms with Gasteiger partial charge in [-0.05, 0) is 31.5 Å². The number of hydrogen-bond donors (Lipinski definition) is 3. The lowest BCUT2D eigenvalue weighted by atomic mass is 10.1. The van der Waals surface area contributed by atoms with Gasteiger partial charge in [0.15, 0.2) is 0 Å². The van der Waals surface area contributed by atoms with E-state index < -0.39 is 6.04 Å². The van der Waals surface area contributed by atoms with Crippen LogP contribution in [0.2, 0.25) is 0 Å². The van der Waals surface area contributed by atoms with Gasteiger partial charge in [-0.1, -0.05) is 12.1 Å². The summed E-state index contributed by atoms with van der Waals surface area (Å²) < 4.78 is 0. The van der Waals surface area contributed by atoms with E-state index in [4.69, 9.17) is 0 Å².